The third-order valence-electron chi connectivity index (χ3n) is 3.39. The van der Waals surface area contributed by atoms with E-state index in [0.717, 1.165) is 11.3 Å². The molecule has 2 aliphatic heterocycles. The summed E-state index contributed by atoms with van der Waals surface area (Å²) in [6.45, 7) is 8.39. The van der Waals surface area contributed by atoms with Crippen LogP contribution in [0, 0.1) is 11.8 Å². The smallest absolute Gasteiger partial charge is 0.313 e. The summed E-state index contributed by atoms with van der Waals surface area (Å²) in [5.41, 5.74) is 0.734. The van der Waals surface area contributed by atoms with Crippen LogP contribution in [0.1, 0.15) is 27.7 Å². The number of fused-ring (bicyclic) bond motifs is 1. The first-order chi connectivity index (χ1) is 6.43. The van der Waals surface area contributed by atoms with E-state index in [1.54, 1.807) is 0 Å². The quantitative estimate of drug-likeness (QED) is 0.555. The first-order valence-corrected chi connectivity index (χ1v) is 4.96. The molecule has 2 rings (SSSR count). The number of esters is 1. The standard InChI is InChI=1S/C11H16O3/c1-6-7(2)14-11(3,4)8-5-13-10(12)9(6)8/h8-9H,5H2,1-4H3/t8-,9-/m1/s1. The maximum atomic E-state index is 11.5. The Labute approximate surface area is 84.1 Å². The molecule has 0 aromatic rings. The minimum atomic E-state index is -0.291. The van der Waals surface area contributed by atoms with Crippen LogP contribution in [0.4, 0.5) is 0 Å². The Morgan fingerprint density at radius 2 is 2.00 bits per heavy atom. The van der Waals surface area contributed by atoms with Crippen LogP contribution in [-0.4, -0.2) is 18.2 Å². The minimum absolute atomic E-state index is 0.0845. The molecule has 1 fully saturated rings. The van der Waals surface area contributed by atoms with Gasteiger partial charge in [-0.05, 0) is 33.3 Å². The van der Waals surface area contributed by atoms with Gasteiger partial charge in [-0.1, -0.05) is 0 Å². The van der Waals surface area contributed by atoms with Crippen LogP contribution >= 0.6 is 0 Å². The van der Waals surface area contributed by atoms with Crippen molar-refractivity contribution in [1.82, 2.24) is 0 Å². The fourth-order valence-corrected chi connectivity index (χ4v) is 2.37. The largest absolute Gasteiger partial charge is 0.492 e. The summed E-state index contributed by atoms with van der Waals surface area (Å²) in [5.74, 6) is 0.857. The molecule has 0 aromatic heterocycles. The maximum absolute atomic E-state index is 11.5. The summed E-state index contributed by atoms with van der Waals surface area (Å²) in [6.07, 6.45) is 0. The molecule has 3 heteroatoms. The normalized spacial score (nSPS) is 35.0. The zero-order valence-corrected chi connectivity index (χ0v) is 9.09. The van der Waals surface area contributed by atoms with Gasteiger partial charge in [0.25, 0.3) is 0 Å². The Hall–Kier alpha value is -0.990. The number of ether oxygens (including phenoxy) is 2. The van der Waals surface area contributed by atoms with Crippen LogP contribution in [0.2, 0.25) is 0 Å². The van der Waals surface area contributed by atoms with Crippen LogP contribution < -0.4 is 0 Å². The number of hydrogen-bond acceptors (Lipinski definition) is 3. The summed E-state index contributed by atoms with van der Waals surface area (Å²) >= 11 is 0. The Bertz CT molecular complexity index is 314. The molecular formula is C11H16O3. The van der Waals surface area contributed by atoms with Crippen LogP contribution in [0.5, 0.6) is 0 Å². The van der Waals surface area contributed by atoms with Crippen LogP contribution in [-0.2, 0) is 14.3 Å². The van der Waals surface area contributed by atoms with Gasteiger partial charge in [-0.15, -0.1) is 0 Å². The Morgan fingerprint density at radius 3 is 2.64 bits per heavy atom. The van der Waals surface area contributed by atoms with Crippen molar-refractivity contribution in [3.8, 4) is 0 Å². The van der Waals surface area contributed by atoms with Crippen molar-refractivity contribution < 1.29 is 14.3 Å². The van der Waals surface area contributed by atoms with Crippen molar-refractivity contribution >= 4 is 5.97 Å². The molecule has 2 atom stereocenters. The van der Waals surface area contributed by atoms with Crippen molar-refractivity contribution in [3.05, 3.63) is 11.3 Å². The second-order valence-electron chi connectivity index (χ2n) is 4.66. The molecule has 0 bridgehead atoms. The van der Waals surface area contributed by atoms with E-state index >= 15 is 0 Å². The van der Waals surface area contributed by atoms with Crippen molar-refractivity contribution in [2.24, 2.45) is 11.8 Å². The Balaban J connectivity index is 2.44. The fraction of sp³-hybridized carbons (Fsp3) is 0.727. The lowest BCUT2D eigenvalue weighted by molar-refractivity contribution is -0.140. The highest BCUT2D eigenvalue weighted by Gasteiger charge is 2.51. The third-order valence-corrected chi connectivity index (χ3v) is 3.39. The van der Waals surface area contributed by atoms with Gasteiger partial charge >= 0.3 is 5.97 Å². The maximum Gasteiger partial charge on any atom is 0.313 e. The summed E-state index contributed by atoms with van der Waals surface area (Å²) in [6, 6.07) is 0. The van der Waals surface area contributed by atoms with Crippen LogP contribution in [0.25, 0.3) is 0 Å². The van der Waals surface area contributed by atoms with E-state index < -0.39 is 0 Å². The van der Waals surface area contributed by atoms with E-state index in [0.29, 0.717) is 6.61 Å². The van der Waals surface area contributed by atoms with Crippen LogP contribution in [0.3, 0.4) is 0 Å². The Kier molecular flexibility index (Phi) is 1.88. The molecule has 0 amide bonds. The van der Waals surface area contributed by atoms with Gasteiger partial charge in [-0.3, -0.25) is 4.79 Å². The molecule has 14 heavy (non-hydrogen) atoms. The molecule has 1 saturated heterocycles. The SMILES string of the molecule is CC1=C(C)[C@H]2C(=O)OC[C@H]2C(C)(C)O1. The summed E-state index contributed by atoms with van der Waals surface area (Å²) in [4.78, 5) is 11.5. The number of carbonyl (C=O) groups excluding carboxylic acids is 1. The van der Waals surface area contributed by atoms with Gasteiger partial charge in [0.1, 0.15) is 5.60 Å². The van der Waals surface area contributed by atoms with E-state index in [4.69, 9.17) is 9.47 Å². The lowest BCUT2D eigenvalue weighted by Crippen LogP contribution is -2.43. The molecule has 2 heterocycles. The second-order valence-corrected chi connectivity index (χ2v) is 4.66. The number of hydrogen-bond donors (Lipinski definition) is 0. The topological polar surface area (TPSA) is 35.5 Å². The van der Waals surface area contributed by atoms with Gasteiger partial charge in [0.2, 0.25) is 0 Å². The van der Waals surface area contributed by atoms with Gasteiger partial charge in [0.05, 0.1) is 18.3 Å². The predicted molar refractivity (Wildman–Crippen MR) is 51.5 cm³/mol. The highest BCUT2D eigenvalue weighted by atomic mass is 16.6. The van der Waals surface area contributed by atoms with Gasteiger partial charge in [0, 0.05) is 5.92 Å². The summed E-state index contributed by atoms with van der Waals surface area (Å²) in [5, 5.41) is 0. The number of rotatable bonds is 0. The molecule has 0 radical (unpaired) electrons. The molecule has 0 aliphatic carbocycles. The van der Waals surface area contributed by atoms with Crippen molar-refractivity contribution in [1.29, 1.82) is 0 Å². The molecule has 0 spiro atoms. The first-order valence-electron chi connectivity index (χ1n) is 4.96. The molecule has 3 nitrogen and oxygen atoms in total. The average Bonchev–Trinajstić information content (AvgIpc) is 2.44. The lowest BCUT2D eigenvalue weighted by Gasteiger charge is -2.39. The van der Waals surface area contributed by atoms with E-state index in [-0.39, 0.29) is 23.4 Å². The monoisotopic (exact) mass is 196 g/mol. The van der Waals surface area contributed by atoms with Gasteiger partial charge in [-0.25, -0.2) is 0 Å². The third kappa shape index (κ3) is 1.15. The number of carbonyl (C=O) groups is 1. The minimum Gasteiger partial charge on any atom is -0.492 e. The molecule has 0 saturated carbocycles. The fourth-order valence-electron chi connectivity index (χ4n) is 2.37. The predicted octanol–water partition coefficient (Wildman–Crippen LogP) is 1.88. The van der Waals surface area contributed by atoms with E-state index in [1.807, 2.05) is 27.7 Å². The summed E-state index contributed by atoms with van der Waals surface area (Å²) < 4.78 is 10.9. The molecule has 2 aliphatic rings. The van der Waals surface area contributed by atoms with Gasteiger partial charge in [0.15, 0.2) is 0 Å². The lowest BCUT2D eigenvalue weighted by atomic mass is 9.76. The van der Waals surface area contributed by atoms with Crippen molar-refractivity contribution in [3.63, 3.8) is 0 Å². The Morgan fingerprint density at radius 1 is 1.36 bits per heavy atom. The van der Waals surface area contributed by atoms with Gasteiger partial charge in [-0.2, -0.15) is 0 Å². The number of cyclic esters (lactones) is 1. The highest BCUT2D eigenvalue weighted by Crippen LogP contribution is 2.44. The van der Waals surface area contributed by atoms with E-state index in [2.05, 4.69) is 0 Å². The summed E-state index contributed by atoms with van der Waals surface area (Å²) in [7, 11) is 0. The van der Waals surface area contributed by atoms with Crippen molar-refractivity contribution in [2.75, 3.05) is 6.61 Å². The zero-order valence-electron chi connectivity index (χ0n) is 9.09. The van der Waals surface area contributed by atoms with E-state index in [9.17, 15) is 4.79 Å². The molecular weight excluding hydrogens is 180 g/mol. The van der Waals surface area contributed by atoms with E-state index in [1.165, 1.54) is 0 Å². The molecule has 0 unspecified atom stereocenters. The first kappa shape index (κ1) is 9.56. The molecule has 0 N–H and O–H groups in total. The number of allylic oxidation sites excluding steroid dienone is 1. The van der Waals surface area contributed by atoms with Gasteiger partial charge < -0.3 is 9.47 Å². The molecule has 0 aromatic carbocycles. The van der Waals surface area contributed by atoms with Crippen molar-refractivity contribution in [2.45, 2.75) is 33.3 Å². The zero-order chi connectivity index (χ0) is 10.5. The highest BCUT2D eigenvalue weighted by molar-refractivity contribution is 5.78. The molecule has 78 valence electrons. The average molecular weight is 196 g/mol. The van der Waals surface area contributed by atoms with Crippen LogP contribution in [0.15, 0.2) is 11.3 Å². The second kappa shape index (κ2) is 2.75.